The van der Waals surface area contributed by atoms with Crippen LogP contribution in [0.3, 0.4) is 0 Å². The molecule has 1 aromatic rings. The third kappa shape index (κ3) is 4.34. The average Bonchev–Trinajstić information content (AvgIpc) is 2.79. The first-order valence-corrected chi connectivity index (χ1v) is 7.97. The Morgan fingerprint density at radius 2 is 1.83 bits per heavy atom. The van der Waals surface area contributed by atoms with Crippen molar-refractivity contribution in [1.82, 2.24) is 4.90 Å². The molecule has 1 heterocycles. The maximum absolute atomic E-state index is 12.3. The number of hydrogen-bond donors (Lipinski definition) is 0. The highest BCUT2D eigenvalue weighted by molar-refractivity contribution is 5.95. The Morgan fingerprint density at radius 3 is 2.42 bits per heavy atom. The van der Waals surface area contributed by atoms with Gasteiger partial charge in [-0.25, -0.2) is 14.5 Å². The summed E-state index contributed by atoms with van der Waals surface area (Å²) in [6.45, 7) is 6.92. The Hall–Kier alpha value is -2.37. The minimum atomic E-state index is -0.700. The molecule has 1 aliphatic heterocycles. The molecule has 0 N–H and O–H groups in total. The van der Waals surface area contributed by atoms with Crippen LogP contribution in [-0.4, -0.2) is 41.1 Å². The molecule has 1 aromatic carbocycles. The van der Waals surface area contributed by atoms with E-state index in [1.807, 2.05) is 0 Å². The molecular weight excluding hydrogens is 310 g/mol. The van der Waals surface area contributed by atoms with Crippen molar-refractivity contribution < 1.29 is 23.9 Å². The number of ether oxygens (including phenoxy) is 2. The highest BCUT2D eigenvalue weighted by Crippen LogP contribution is 2.27. The van der Waals surface area contributed by atoms with Crippen LogP contribution in [0.2, 0.25) is 0 Å². The van der Waals surface area contributed by atoms with Gasteiger partial charge in [0.2, 0.25) is 5.91 Å². The maximum atomic E-state index is 12.3. The van der Waals surface area contributed by atoms with Gasteiger partial charge in [0.25, 0.3) is 0 Å². The Kier molecular flexibility index (Phi) is 5.26. The zero-order valence-corrected chi connectivity index (χ0v) is 14.4. The first-order chi connectivity index (χ1) is 11.2. The minimum Gasteiger partial charge on any atom is -0.460 e. The molecule has 2 atom stereocenters. The van der Waals surface area contributed by atoms with Crippen molar-refractivity contribution in [3.8, 4) is 0 Å². The van der Waals surface area contributed by atoms with Crippen LogP contribution >= 0.6 is 0 Å². The number of hydrogen-bond acceptors (Lipinski definition) is 5. The summed E-state index contributed by atoms with van der Waals surface area (Å²) in [5.41, 5.74) is -0.271. The molecular formula is C18H23NO5. The molecule has 0 aliphatic carbocycles. The highest BCUT2D eigenvalue weighted by Gasteiger charge is 2.43. The molecule has 130 valence electrons. The molecule has 6 nitrogen and oxygen atoms in total. The van der Waals surface area contributed by atoms with E-state index in [4.69, 9.17) is 9.47 Å². The van der Waals surface area contributed by atoms with Crippen LogP contribution < -0.4 is 0 Å². The molecule has 0 aromatic heterocycles. The lowest BCUT2D eigenvalue weighted by molar-refractivity contribution is -0.131. The average molecular weight is 333 g/mol. The Bertz CT molecular complexity index is 620. The van der Waals surface area contributed by atoms with Gasteiger partial charge >= 0.3 is 12.1 Å². The van der Waals surface area contributed by atoms with Crippen LogP contribution in [0.15, 0.2) is 30.3 Å². The zero-order chi connectivity index (χ0) is 17.9. The molecule has 24 heavy (non-hydrogen) atoms. The Morgan fingerprint density at radius 1 is 1.21 bits per heavy atom. The summed E-state index contributed by atoms with van der Waals surface area (Å²) >= 11 is 0. The van der Waals surface area contributed by atoms with Gasteiger partial charge in [0.1, 0.15) is 12.2 Å². The quantitative estimate of drug-likeness (QED) is 0.795. The minimum absolute atomic E-state index is 0.0386. The van der Waals surface area contributed by atoms with Crippen molar-refractivity contribution >= 4 is 18.0 Å². The van der Waals surface area contributed by atoms with Gasteiger partial charge in [-0.05, 0) is 39.3 Å². The van der Waals surface area contributed by atoms with Gasteiger partial charge in [-0.15, -0.1) is 0 Å². The lowest BCUT2D eigenvalue weighted by atomic mass is 10.1. The second-order valence-electron chi connectivity index (χ2n) is 6.94. The van der Waals surface area contributed by atoms with Crippen LogP contribution in [-0.2, 0) is 14.3 Å². The van der Waals surface area contributed by atoms with Crippen LogP contribution in [0, 0.1) is 5.92 Å². The van der Waals surface area contributed by atoms with Crippen molar-refractivity contribution in [2.75, 3.05) is 6.61 Å². The van der Waals surface area contributed by atoms with Gasteiger partial charge in [-0.2, -0.15) is 0 Å². The summed E-state index contributed by atoms with van der Waals surface area (Å²) in [7, 11) is 0. The third-order valence-electron chi connectivity index (χ3n) is 3.66. The molecule has 0 saturated carbocycles. The zero-order valence-electron chi connectivity index (χ0n) is 14.4. The van der Waals surface area contributed by atoms with E-state index in [1.54, 1.807) is 58.0 Å². The first kappa shape index (κ1) is 18.0. The maximum Gasteiger partial charge on any atom is 0.417 e. The van der Waals surface area contributed by atoms with Crippen molar-refractivity contribution in [2.45, 2.75) is 45.8 Å². The van der Waals surface area contributed by atoms with E-state index < -0.39 is 23.7 Å². The molecule has 0 spiro atoms. The van der Waals surface area contributed by atoms with E-state index in [0.717, 1.165) is 4.90 Å². The van der Waals surface area contributed by atoms with Gasteiger partial charge < -0.3 is 9.47 Å². The smallest absolute Gasteiger partial charge is 0.417 e. The number of imide groups is 1. The molecule has 0 radical (unpaired) electrons. The number of rotatable bonds is 3. The number of benzene rings is 1. The first-order valence-electron chi connectivity index (χ1n) is 7.97. The normalized spacial score (nSPS) is 20.8. The van der Waals surface area contributed by atoms with Crippen molar-refractivity contribution in [1.29, 1.82) is 0 Å². The summed E-state index contributed by atoms with van der Waals surface area (Å²) in [4.78, 5) is 37.6. The second kappa shape index (κ2) is 7.03. The highest BCUT2D eigenvalue weighted by atomic mass is 16.6. The predicted molar refractivity (Wildman–Crippen MR) is 87.4 cm³/mol. The molecule has 2 rings (SSSR count). The van der Waals surface area contributed by atoms with Gasteiger partial charge in [-0.3, -0.25) is 4.79 Å². The number of likely N-dealkylation sites (tertiary alicyclic amines) is 1. The van der Waals surface area contributed by atoms with Gasteiger partial charge in [-0.1, -0.05) is 25.1 Å². The summed E-state index contributed by atoms with van der Waals surface area (Å²) in [6, 6.07) is 8.08. The summed E-state index contributed by atoms with van der Waals surface area (Å²) in [5.74, 6) is -1.09. The van der Waals surface area contributed by atoms with E-state index in [2.05, 4.69) is 0 Å². The van der Waals surface area contributed by atoms with Crippen molar-refractivity contribution in [2.24, 2.45) is 5.92 Å². The number of carbonyl (C=O) groups excluding carboxylic acids is 3. The molecule has 1 unspecified atom stereocenters. The van der Waals surface area contributed by atoms with Crippen molar-refractivity contribution in [3.63, 3.8) is 0 Å². The second-order valence-corrected chi connectivity index (χ2v) is 6.94. The van der Waals surface area contributed by atoms with Gasteiger partial charge in [0.15, 0.2) is 0 Å². The standard InChI is InChI=1S/C18H23NO5/c1-12-10-14(11-23-16(21)13-8-6-5-7-9-13)19(15(12)20)17(22)24-18(2,3)4/h5-9,12,14H,10-11H2,1-4H3/t12?,14-/m0/s1. The molecule has 1 aliphatic rings. The van der Waals surface area contributed by atoms with Gasteiger partial charge in [0.05, 0.1) is 11.6 Å². The fourth-order valence-electron chi connectivity index (χ4n) is 2.55. The number of carbonyl (C=O) groups is 3. The van der Waals surface area contributed by atoms with E-state index in [0.29, 0.717) is 12.0 Å². The number of nitrogens with zero attached hydrogens (tertiary/aromatic N) is 1. The summed E-state index contributed by atoms with van der Waals surface area (Å²) in [5, 5.41) is 0. The molecule has 1 fully saturated rings. The largest absolute Gasteiger partial charge is 0.460 e. The van der Waals surface area contributed by atoms with Crippen LogP contribution in [0.25, 0.3) is 0 Å². The Labute approximate surface area is 141 Å². The van der Waals surface area contributed by atoms with E-state index in [-0.39, 0.29) is 18.4 Å². The van der Waals surface area contributed by atoms with E-state index in [1.165, 1.54) is 0 Å². The van der Waals surface area contributed by atoms with Crippen LogP contribution in [0.1, 0.15) is 44.5 Å². The third-order valence-corrected chi connectivity index (χ3v) is 3.66. The molecule has 1 saturated heterocycles. The lowest BCUT2D eigenvalue weighted by Gasteiger charge is -2.27. The van der Waals surface area contributed by atoms with E-state index in [9.17, 15) is 14.4 Å². The topological polar surface area (TPSA) is 72.9 Å². The molecule has 2 amide bonds. The van der Waals surface area contributed by atoms with Crippen LogP contribution in [0.5, 0.6) is 0 Å². The number of esters is 1. The van der Waals surface area contributed by atoms with Crippen LogP contribution in [0.4, 0.5) is 4.79 Å². The fraction of sp³-hybridized carbons (Fsp3) is 0.500. The predicted octanol–water partition coefficient (Wildman–Crippen LogP) is 3.02. The monoisotopic (exact) mass is 333 g/mol. The van der Waals surface area contributed by atoms with Gasteiger partial charge in [0, 0.05) is 5.92 Å². The number of amides is 2. The molecule has 6 heteroatoms. The SMILES string of the molecule is CC1C[C@@H](COC(=O)c2ccccc2)N(C(=O)OC(C)(C)C)C1=O. The Balaban J connectivity index is 2.03. The van der Waals surface area contributed by atoms with E-state index >= 15 is 0 Å². The summed E-state index contributed by atoms with van der Waals surface area (Å²) < 4.78 is 10.6. The lowest BCUT2D eigenvalue weighted by Crippen LogP contribution is -2.44. The fourth-order valence-corrected chi connectivity index (χ4v) is 2.55. The molecule has 0 bridgehead atoms. The van der Waals surface area contributed by atoms with Crippen molar-refractivity contribution in [3.05, 3.63) is 35.9 Å². The summed E-state index contributed by atoms with van der Waals surface area (Å²) in [6.07, 6.45) is -0.252.